The van der Waals surface area contributed by atoms with E-state index in [1.807, 2.05) is 6.07 Å². The van der Waals surface area contributed by atoms with Crippen molar-refractivity contribution >= 4 is 28.2 Å². The minimum Gasteiger partial charge on any atom is -0.349 e. The van der Waals surface area contributed by atoms with E-state index in [9.17, 15) is 18.4 Å². The Labute approximate surface area is 140 Å². The number of anilines is 1. The van der Waals surface area contributed by atoms with E-state index in [0.29, 0.717) is 10.6 Å². The lowest BCUT2D eigenvalue weighted by atomic mass is 10.0. The van der Waals surface area contributed by atoms with Crippen molar-refractivity contribution in [1.82, 2.24) is 5.32 Å². The predicted molar refractivity (Wildman–Crippen MR) is 85.2 cm³/mol. The number of benzene rings is 1. The number of halogens is 2. The fraction of sp³-hybridized carbons (Fsp3) is 0.188. The van der Waals surface area contributed by atoms with Crippen molar-refractivity contribution in [3.8, 4) is 6.07 Å². The number of carbonyl (C=O) groups is 2. The Bertz CT molecular complexity index is 794. The first kappa shape index (κ1) is 17.6. The van der Waals surface area contributed by atoms with Crippen LogP contribution in [0.15, 0.2) is 29.6 Å². The summed E-state index contributed by atoms with van der Waals surface area (Å²) in [5, 5.41) is 15.8. The van der Waals surface area contributed by atoms with Gasteiger partial charge in [-0.15, -0.1) is 11.3 Å². The standard InChI is InChI=1S/C16H13F2N3O2S/c1-9(22)20-13(15-11(17)3-2-4-12(15)18)7-14(23)21-16-10(8-19)5-6-24-16/h2-6,13H,7H2,1H3,(H,20,22)(H,21,23)/t13-/m0/s1. The van der Waals surface area contributed by atoms with Gasteiger partial charge in [0.25, 0.3) is 0 Å². The average molecular weight is 349 g/mol. The number of hydrogen-bond acceptors (Lipinski definition) is 4. The quantitative estimate of drug-likeness (QED) is 0.870. The first-order valence-electron chi connectivity index (χ1n) is 6.90. The molecule has 5 nitrogen and oxygen atoms in total. The first-order chi connectivity index (χ1) is 11.4. The molecule has 0 bridgehead atoms. The normalized spacial score (nSPS) is 11.4. The summed E-state index contributed by atoms with van der Waals surface area (Å²) in [5.41, 5.74) is -0.0870. The second-order valence-electron chi connectivity index (χ2n) is 4.92. The number of nitrogens with one attached hydrogen (secondary N) is 2. The molecule has 2 amide bonds. The predicted octanol–water partition coefficient (Wildman–Crippen LogP) is 3.10. The molecule has 2 rings (SSSR count). The molecule has 0 spiro atoms. The number of rotatable bonds is 5. The smallest absolute Gasteiger partial charge is 0.227 e. The molecule has 1 atom stereocenters. The van der Waals surface area contributed by atoms with Crippen LogP contribution in [0.25, 0.3) is 0 Å². The Morgan fingerprint density at radius 1 is 1.29 bits per heavy atom. The topological polar surface area (TPSA) is 82.0 Å². The molecule has 0 fully saturated rings. The Morgan fingerprint density at radius 3 is 2.54 bits per heavy atom. The van der Waals surface area contributed by atoms with Gasteiger partial charge in [0.05, 0.1) is 18.0 Å². The molecule has 8 heteroatoms. The van der Waals surface area contributed by atoms with Gasteiger partial charge >= 0.3 is 0 Å². The van der Waals surface area contributed by atoms with Crippen molar-refractivity contribution < 1.29 is 18.4 Å². The van der Waals surface area contributed by atoms with E-state index in [2.05, 4.69) is 10.6 Å². The van der Waals surface area contributed by atoms with Crippen LogP contribution in [-0.2, 0) is 9.59 Å². The van der Waals surface area contributed by atoms with E-state index in [4.69, 9.17) is 5.26 Å². The van der Waals surface area contributed by atoms with Gasteiger partial charge in [-0.3, -0.25) is 9.59 Å². The summed E-state index contributed by atoms with van der Waals surface area (Å²) in [4.78, 5) is 23.5. The summed E-state index contributed by atoms with van der Waals surface area (Å²) in [6.45, 7) is 1.19. The zero-order valence-corrected chi connectivity index (χ0v) is 13.4. The lowest BCUT2D eigenvalue weighted by molar-refractivity contribution is -0.120. The molecule has 1 aromatic heterocycles. The molecule has 0 saturated carbocycles. The van der Waals surface area contributed by atoms with Gasteiger partial charge in [-0.2, -0.15) is 5.26 Å². The highest BCUT2D eigenvalue weighted by molar-refractivity contribution is 7.14. The lowest BCUT2D eigenvalue weighted by Gasteiger charge is -2.19. The Kier molecular flexibility index (Phi) is 5.60. The maximum absolute atomic E-state index is 13.9. The van der Waals surface area contributed by atoms with Gasteiger partial charge in [0.15, 0.2) is 0 Å². The molecule has 2 aromatic rings. The van der Waals surface area contributed by atoms with Crippen molar-refractivity contribution in [3.63, 3.8) is 0 Å². The van der Waals surface area contributed by atoms with Crippen LogP contribution in [-0.4, -0.2) is 11.8 Å². The van der Waals surface area contributed by atoms with E-state index >= 15 is 0 Å². The third-order valence-corrected chi connectivity index (χ3v) is 3.98. The molecule has 0 aliphatic rings. The molecule has 0 aliphatic heterocycles. The fourth-order valence-corrected chi connectivity index (χ4v) is 2.93. The van der Waals surface area contributed by atoms with E-state index in [0.717, 1.165) is 23.5 Å². The molecule has 1 heterocycles. The minimum absolute atomic E-state index is 0.293. The molecule has 2 N–H and O–H groups in total. The maximum Gasteiger partial charge on any atom is 0.227 e. The monoisotopic (exact) mass is 349 g/mol. The van der Waals surface area contributed by atoms with Gasteiger partial charge in [-0.1, -0.05) is 6.07 Å². The number of thiophene rings is 1. The van der Waals surface area contributed by atoms with Gasteiger partial charge in [-0.05, 0) is 23.6 Å². The number of nitriles is 1. The summed E-state index contributed by atoms with van der Waals surface area (Å²) in [6.07, 6.45) is -0.375. The van der Waals surface area contributed by atoms with Crippen LogP contribution in [0.2, 0.25) is 0 Å². The van der Waals surface area contributed by atoms with Gasteiger partial charge in [0.1, 0.15) is 22.7 Å². The van der Waals surface area contributed by atoms with Crippen molar-refractivity contribution in [2.45, 2.75) is 19.4 Å². The van der Waals surface area contributed by atoms with Crippen LogP contribution in [0, 0.1) is 23.0 Å². The van der Waals surface area contributed by atoms with Crippen molar-refractivity contribution in [3.05, 3.63) is 52.4 Å². The van der Waals surface area contributed by atoms with Crippen LogP contribution in [0.5, 0.6) is 0 Å². The average Bonchev–Trinajstić information content (AvgIpc) is 2.93. The fourth-order valence-electron chi connectivity index (χ4n) is 2.17. The Balaban J connectivity index is 2.22. The molecular formula is C16H13F2N3O2S. The van der Waals surface area contributed by atoms with Crippen LogP contribution >= 0.6 is 11.3 Å². The van der Waals surface area contributed by atoms with Gasteiger partial charge in [0, 0.05) is 12.5 Å². The van der Waals surface area contributed by atoms with Crippen LogP contribution in [0.3, 0.4) is 0 Å². The number of hydrogen-bond donors (Lipinski definition) is 2. The van der Waals surface area contributed by atoms with Crippen molar-refractivity contribution in [2.24, 2.45) is 0 Å². The second kappa shape index (κ2) is 7.66. The second-order valence-corrected chi connectivity index (χ2v) is 5.83. The lowest BCUT2D eigenvalue weighted by Crippen LogP contribution is -2.31. The van der Waals surface area contributed by atoms with E-state index in [-0.39, 0.29) is 12.0 Å². The maximum atomic E-state index is 13.9. The Hall–Kier alpha value is -2.79. The van der Waals surface area contributed by atoms with Crippen LogP contribution < -0.4 is 10.6 Å². The summed E-state index contributed by atoms with van der Waals surface area (Å²) >= 11 is 1.16. The summed E-state index contributed by atoms with van der Waals surface area (Å²) in [5.74, 6) is -2.80. The summed E-state index contributed by atoms with van der Waals surface area (Å²) in [6, 6.07) is 5.61. The molecule has 124 valence electrons. The molecule has 0 aliphatic carbocycles. The molecule has 0 radical (unpaired) electrons. The third kappa shape index (κ3) is 4.14. The molecule has 0 unspecified atom stereocenters. The van der Waals surface area contributed by atoms with E-state index in [1.54, 1.807) is 11.4 Å². The minimum atomic E-state index is -1.16. The third-order valence-electron chi connectivity index (χ3n) is 3.15. The zero-order chi connectivity index (χ0) is 17.7. The molecule has 24 heavy (non-hydrogen) atoms. The first-order valence-corrected chi connectivity index (χ1v) is 7.78. The largest absolute Gasteiger partial charge is 0.349 e. The number of amides is 2. The highest BCUT2D eigenvalue weighted by Crippen LogP contribution is 2.26. The number of nitrogens with zero attached hydrogens (tertiary/aromatic N) is 1. The van der Waals surface area contributed by atoms with Crippen LogP contribution in [0.4, 0.5) is 13.8 Å². The van der Waals surface area contributed by atoms with E-state index < -0.39 is 29.5 Å². The SMILES string of the molecule is CC(=O)N[C@@H](CC(=O)Nc1sccc1C#N)c1c(F)cccc1F. The molecule has 0 saturated heterocycles. The number of carbonyl (C=O) groups excluding carboxylic acids is 2. The molecular weight excluding hydrogens is 336 g/mol. The van der Waals surface area contributed by atoms with Gasteiger partial charge in [0.2, 0.25) is 11.8 Å². The highest BCUT2D eigenvalue weighted by atomic mass is 32.1. The van der Waals surface area contributed by atoms with Crippen molar-refractivity contribution in [2.75, 3.05) is 5.32 Å². The van der Waals surface area contributed by atoms with Crippen LogP contribution in [0.1, 0.15) is 30.5 Å². The molecule has 1 aromatic carbocycles. The Morgan fingerprint density at radius 2 is 1.96 bits per heavy atom. The zero-order valence-electron chi connectivity index (χ0n) is 12.6. The highest BCUT2D eigenvalue weighted by Gasteiger charge is 2.24. The van der Waals surface area contributed by atoms with Crippen molar-refractivity contribution in [1.29, 1.82) is 5.26 Å². The van der Waals surface area contributed by atoms with Gasteiger partial charge in [-0.25, -0.2) is 8.78 Å². The van der Waals surface area contributed by atoms with Gasteiger partial charge < -0.3 is 10.6 Å². The summed E-state index contributed by atoms with van der Waals surface area (Å²) in [7, 11) is 0. The summed E-state index contributed by atoms with van der Waals surface area (Å²) < 4.78 is 27.9. The van der Waals surface area contributed by atoms with E-state index in [1.165, 1.54) is 13.0 Å².